The number of aromatic nitrogens is 1. The molecular formula is C28H36N4O4. The lowest BCUT2D eigenvalue weighted by Crippen LogP contribution is -2.55. The van der Waals surface area contributed by atoms with Crippen LogP contribution in [-0.4, -0.2) is 54.2 Å². The summed E-state index contributed by atoms with van der Waals surface area (Å²) in [7, 11) is 1.76. The maximum Gasteiger partial charge on any atom is 0.245 e. The van der Waals surface area contributed by atoms with Crippen molar-refractivity contribution in [3.05, 3.63) is 42.2 Å². The van der Waals surface area contributed by atoms with E-state index in [1.165, 1.54) is 6.42 Å². The van der Waals surface area contributed by atoms with E-state index in [2.05, 4.69) is 21.7 Å². The van der Waals surface area contributed by atoms with E-state index in [4.69, 9.17) is 9.47 Å². The van der Waals surface area contributed by atoms with E-state index in [-0.39, 0.29) is 36.6 Å². The molecule has 0 radical (unpaired) electrons. The second kappa shape index (κ2) is 10.9. The van der Waals surface area contributed by atoms with Gasteiger partial charge in [0.2, 0.25) is 18.6 Å². The largest absolute Gasteiger partial charge is 0.454 e. The van der Waals surface area contributed by atoms with Crippen LogP contribution in [0.1, 0.15) is 63.5 Å². The highest BCUT2D eigenvalue weighted by atomic mass is 16.7. The monoisotopic (exact) mass is 492 g/mol. The summed E-state index contributed by atoms with van der Waals surface area (Å²) in [5, 5.41) is 6.10. The molecule has 0 bridgehead atoms. The van der Waals surface area contributed by atoms with Crippen LogP contribution in [-0.2, 0) is 9.59 Å². The van der Waals surface area contributed by atoms with Crippen molar-refractivity contribution >= 4 is 11.8 Å². The smallest absolute Gasteiger partial charge is 0.245 e. The Kier molecular flexibility index (Phi) is 7.41. The van der Waals surface area contributed by atoms with Crippen LogP contribution in [0.5, 0.6) is 11.5 Å². The number of carbonyl (C=O) groups excluding carboxylic acids is 2. The van der Waals surface area contributed by atoms with Gasteiger partial charge in [-0.25, -0.2) is 0 Å². The van der Waals surface area contributed by atoms with Crippen LogP contribution in [0.25, 0.3) is 11.1 Å². The lowest BCUT2D eigenvalue weighted by Gasteiger charge is -2.35. The second-order valence-electron chi connectivity index (χ2n) is 10.2. The molecule has 192 valence electrons. The van der Waals surface area contributed by atoms with E-state index in [1.807, 2.05) is 42.4 Å². The number of hydrogen-bond donors (Lipinski definition) is 2. The van der Waals surface area contributed by atoms with Crippen molar-refractivity contribution in [2.75, 3.05) is 20.4 Å². The zero-order chi connectivity index (χ0) is 25.1. The molecule has 2 amide bonds. The highest BCUT2D eigenvalue weighted by Crippen LogP contribution is 2.38. The number of benzene rings is 1. The average Bonchev–Trinajstić information content (AvgIpc) is 3.61. The van der Waals surface area contributed by atoms with Crippen LogP contribution in [0.15, 0.2) is 36.7 Å². The number of carbonyl (C=O) groups is 2. The van der Waals surface area contributed by atoms with Crippen LogP contribution in [0.3, 0.4) is 0 Å². The van der Waals surface area contributed by atoms with Crippen LogP contribution in [0.2, 0.25) is 0 Å². The predicted octanol–water partition coefficient (Wildman–Crippen LogP) is 3.81. The van der Waals surface area contributed by atoms with Crippen molar-refractivity contribution in [1.82, 2.24) is 20.5 Å². The van der Waals surface area contributed by atoms with E-state index in [9.17, 15) is 9.59 Å². The minimum absolute atomic E-state index is 0.0366. The fourth-order valence-corrected chi connectivity index (χ4v) is 5.69. The molecule has 3 aliphatic rings. The summed E-state index contributed by atoms with van der Waals surface area (Å²) in [6.07, 6.45) is 10.9. The van der Waals surface area contributed by atoms with Gasteiger partial charge in [-0.05, 0) is 74.9 Å². The topological polar surface area (TPSA) is 92.8 Å². The molecule has 1 saturated carbocycles. The van der Waals surface area contributed by atoms with Gasteiger partial charge in [-0.15, -0.1) is 0 Å². The quantitative estimate of drug-likeness (QED) is 0.611. The van der Waals surface area contributed by atoms with E-state index in [0.717, 1.165) is 66.7 Å². The van der Waals surface area contributed by atoms with E-state index >= 15 is 0 Å². The van der Waals surface area contributed by atoms with Gasteiger partial charge < -0.3 is 25.0 Å². The standard InChI is InChI=1S/C28H36N4O4/c1-18(29-2)27(33)31-26(19-7-4-3-5-8-19)28(34)32-12-6-9-23(32)22-13-21(15-30-16-22)20-10-11-24-25(14-20)36-17-35-24/h10-11,13-16,18-19,23,26,29H,3-9,12,17H2,1-2H3,(H,31,33)/t18-,23-,26-/m0/s1. The fraction of sp³-hybridized carbons (Fsp3) is 0.536. The SMILES string of the molecule is CN[C@@H](C)C(=O)N[C@H](C(=O)N1CCC[C@H]1c1cncc(-c2ccc3c(c2)OCO3)c1)C1CCCCC1. The molecule has 2 fully saturated rings. The first-order chi connectivity index (χ1) is 17.5. The molecule has 8 heteroatoms. The maximum absolute atomic E-state index is 14.0. The molecule has 1 aromatic heterocycles. The lowest BCUT2D eigenvalue weighted by molar-refractivity contribution is -0.139. The summed E-state index contributed by atoms with van der Waals surface area (Å²) in [6.45, 7) is 2.75. The number of amides is 2. The van der Waals surface area contributed by atoms with Gasteiger partial charge in [0.15, 0.2) is 11.5 Å². The summed E-state index contributed by atoms with van der Waals surface area (Å²) < 4.78 is 11.0. The molecule has 2 aliphatic heterocycles. The number of nitrogens with zero attached hydrogens (tertiary/aromatic N) is 2. The number of fused-ring (bicyclic) bond motifs is 1. The van der Waals surface area contributed by atoms with Crippen LogP contribution in [0, 0.1) is 5.92 Å². The van der Waals surface area contributed by atoms with Crippen molar-refractivity contribution in [3.63, 3.8) is 0 Å². The zero-order valence-electron chi connectivity index (χ0n) is 21.2. The first-order valence-electron chi connectivity index (χ1n) is 13.2. The Morgan fingerprint density at radius 3 is 2.61 bits per heavy atom. The third-order valence-corrected chi connectivity index (χ3v) is 7.90. The Balaban J connectivity index is 1.38. The van der Waals surface area contributed by atoms with Crippen molar-refractivity contribution in [2.24, 2.45) is 5.92 Å². The van der Waals surface area contributed by atoms with Gasteiger partial charge in [0.1, 0.15) is 6.04 Å². The molecule has 1 saturated heterocycles. The first kappa shape index (κ1) is 24.6. The Morgan fingerprint density at radius 2 is 1.81 bits per heavy atom. The van der Waals surface area contributed by atoms with E-state index in [1.54, 1.807) is 7.05 Å². The molecule has 1 aliphatic carbocycles. The maximum atomic E-state index is 14.0. The zero-order valence-corrected chi connectivity index (χ0v) is 21.2. The van der Waals surface area contributed by atoms with Crippen LogP contribution in [0.4, 0.5) is 0 Å². The number of likely N-dealkylation sites (tertiary alicyclic amines) is 1. The molecule has 5 rings (SSSR count). The van der Waals surface area contributed by atoms with Gasteiger partial charge in [0, 0.05) is 24.5 Å². The average molecular weight is 493 g/mol. The Bertz CT molecular complexity index is 1100. The molecule has 36 heavy (non-hydrogen) atoms. The Labute approximate surface area is 212 Å². The molecule has 1 aromatic carbocycles. The van der Waals surface area contributed by atoms with Gasteiger partial charge in [-0.3, -0.25) is 14.6 Å². The highest BCUT2D eigenvalue weighted by Gasteiger charge is 2.39. The van der Waals surface area contributed by atoms with Gasteiger partial charge in [0.05, 0.1) is 12.1 Å². The molecule has 8 nitrogen and oxygen atoms in total. The predicted molar refractivity (Wildman–Crippen MR) is 137 cm³/mol. The number of hydrogen-bond acceptors (Lipinski definition) is 6. The normalized spacial score (nSPS) is 21.3. The molecular weight excluding hydrogens is 456 g/mol. The van der Waals surface area contributed by atoms with Crippen LogP contribution >= 0.6 is 0 Å². The number of likely N-dealkylation sites (N-methyl/N-ethyl adjacent to an activating group) is 1. The second-order valence-corrected chi connectivity index (χ2v) is 10.2. The van der Waals surface area contributed by atoms with Crippen molar-refractivity contribution in [1.29, 1.82) is 0 Å². The molecule has 0 unspecified atom stereocenters. The minimum atomic E-state index is -0.487. The third-order valence-electron chi connectivity index (χ3n) is 7.90. The first-order valence-corrected chi connectivity index (χ1v) is 13.2. The molecule has 3 atom stereocenters. The van der Waals surface area contributed by atoms with Gasteiger partial charge >= 0.3 is 0 Å². The van der Waals surface area contributed by atoms with Gasteiger partial charge in [0.25, 0.3) is 0 Å². The van der Waals surface area contributed by atoms with Crippen molar-refractivity contribution in [2.45, 2.75) is 70.0 Å². The molecule has 2 N–H and O–H groups in total. The van der Waals surface area contributed by atoms with E-state index < -0.39 is 6.04 Å². The highest BCUT2D eigenvalue weighted by molar-refractivity contribution is 5.90. The Morgan fingerprint density at radius 1 is 1.00 bits per heavy atom. The van der Waals surface area contributed by atoms with Crippen LogP contribution < -0.4 is 20.1 Å². The lowest BCUT2D eigenvalue weighted by atomic mass is 9.83. The van der Waals surface area contributed by atoms with Crippen molar-refractivity contribution in [3.8, 4) is 22.6 Å². The molecule has 3 heterocycles. The number of rotatable bonds is 7. The number of pyridine rings is 1. The summed E-state index contributed by atoms with van der Waals surface area (Å²) in [5.41, 5.74) is 3.00. The Hall–Kier alpha value is -3.13. The number of nitrogens with one attached hydrogen (secondary N) is 2. The van der Waals surface area contributed by atoms with Gasteiger partial charge in [-0.1, -0.05) is 25.3 Å². The van der Waals surface area contributed by atoms with Gasteiger partial charge in [-0.2, -0.15) is 0 Å². The summed E-state index contributed by atoms with van der Waals surface area (Å²) in [6, 6.07) is 7.13. The van der Waals surface area contributed by atoms with Crippen molar-refractivity contribution < 1.29 is 19.1 Å². The fourth-order valence-electron chi connectivity index (χ4n) is 5.69. The number of ether oxygens (including phenoxy) is 2. The summed E-state index contributed by atoms with van der Waals surface area (Å²) in [4.78, 5) is 33.3. The molecule has 0 spiro atoms. The third kappa shape index (κ3) is 5.05. The molecule has 2 aromatic rings. The summed E-state index contributed by atoms with van der Waals surface area (Å²) in [5.74, 6) is 1.58. The minimum Gasteiger partial charge on any atom is -0.454 e. The van der Waals surface area contributed by atoms with E-state index in [0.29, 0.717) is 6.54 Å². The summed E-state index contributed by atoms with van der Waals surface area (Å²) >= 11 is 0.